The maximum atomic E-state index is 6.38. The van der Waals surface area contributed by atoms with Crippen LogP contribution in [0.3, 0.4) is 0 Å². The molecule has 1 N–H and O–H groups in total. The van der Waals surface area contributed by atoms with Crippen molar-refractivity contribution < 1.29 is 14.2 Å². The van der Waals surface area contributed by atoms with E-state index < -0.39 is 0 Å². The third-order valence-corrected chi connectivity index (χ3v) is 7.54. The average Bonchev–Trinajstić information content (AvgIpc) is 3.39. The molecule has 2 fully saturated rings. The first kappa shape index (κ1) is 22.7. The smallest absolute Gasteiger partial charge is 0.124 e. The Morgan fingerprint density at radius 1 is 0.848 bits per heavy atom. The summed E-state index contributed by atoms with van der Waals surface area (Å²) >= 11 is 0. The molecule has 3 aliphatic rings. The van der Waals surface area contributed by atoms with E-state index in [-0.39, 0.29) is 6.10 Å². The normalized spacial score (nSPS) is 25.4. The molecular weight excluding hydrogens is 410 g/mol. The summed E-state index contributed by atoms with van der Waals surface area (Å²) < 4.78 is 18.6. The third kappa shape index (κ3) is 6.30. The molecular formula is C29H39NO3. The van der Waals surface area contributed by atoms with E-state index in [9.17, 15) is 0 Å². The number of aryl methyl sites for hydroxylation is 1. The van der Waals surface area contributed by atoms with Gasteiger partial charge in [0, 0.05) is 12.6 Å². The van der Waals surface area contributed by atoms with Gasteiger partial charge in [0.05, 0.1) is 12.2 Å². The molecule has 0 amide bonds. The molecule has 1 atom stereocenters. The predicted molar refractivity (Wildman–Crippen MR) is 132 cm³/mol. The van der Waals surface area contributed by atoms with Crippen molar-refractivity contribution in [2.45, 2.75) is 95.0 Å². The first-order valence-electron chi connectivity index (χ1n) is 13.2. The molecule has 1 unspecified atom stereocenters. The van der Waals surface area contributed by atoms with E-state index in [1.165, 1.54) is 49.7 Å². The Kier molecular flexibility index (Phi) is 7.85. The van der Waals surface area contributed by atoms with Crippen LogP contribution < -0.4 is 14.8 Å². The SMILES string of the molecule is c1ccc(C2CCc3cc(OC4CCC(NCCCOC5CCCC5)CC4)ccc3O2)cc1. The molecule has 1 heterocycles. The van der Waals surface area contributed by atoms with Crippen molar-refractivity contribution in [2.24, 2.45) is 0 Å². The molecule has 0 bridgehead atoms. The predicted octanol–water partition coefficient (Wildman–Crippen LogP) is 6.38. The van der Waals surface area contributed by atoms with Crippen LogP contribution in [0.5, 0.6) is 11.5 Å². The van der Waals surface area contributed by atoms with E-state index >= 15 is 0 Å². The van der Waals surface area contributed by atoms with Gasteiger partial charge in [0.1, 0.15) is 17.6 Å². The lowest BCUT2D eigenvalue weighted by Crippen LogP contribution is -2.37. The van der Waals surface area contributed by atoms with Gasteiger partial charge in [-0.1, -0.05) is 43.2 Å². The maximum Gasteiger partial charge on any atom is 0.124 e. The van der Waals surface area contributed by atoms with Crippen LogP contribution >= 0.6 is 0 Å². The molecule has 2 saturated carbocycles. The zero-order chi connectivity index (χ0) is 22.3. The van der Waals surface area contributed by atoms with Crippen molar-refractivity contribution in [3.05, 3.63) is 59.7 Å². The van der Waals surface area contributed by atoms with E-state index in [1.807, 2.05) is 0 Å². The highest BCUT2D eigenvalue weighted by Gasteiger charge is 2.24. The van der Waals surface area contributed by atoms with Gasteiger partial charge >= 0.3 is 0 Å². The zero-order valence-corrected chi connectivity index (χ0v) is 19.8. The quantitative estimate of drug-likeness (QED) is 0.451. The van der Waals surface area contributed by atoms with Gasteiger partial charge in [0.25, 0.3) is 0 Å². The number of hydrogen-bond donors (Lipinski definition) is 1. The number of fused-ring (bicyclic) bond motifs is 1. The number of rotatable bonds is 9. The van der Waals surface area contributed by atoms with Crippen molar-refractivity contribution >= 4 is 0 Å². The second-order valence-corrected chi connectivity index (χ2v) is 10.0. The number of nitrogens with one attached hydrogen (secondary N) is 1. The van der Waals surface area contributed by atoms with Crippen molar-refractivity contribution in [2.75, 3.05) is 13.2 Å². The van der Waals surface area contributed by atoms with Gasteiger partial charge in [-0.3, -0.25) is 0 Å². The standard InChI is InChI=1S/C29H39NO3/c1-2-7-22(8-3-1)28-17-11-23-21-27(16-18-29(23)33-28)32-26-14-12-24(13-15-26)30-19-6-20-31-25-9-4-5-10-25/h1-3,7-8,16,18,21,24-26,28,30H,4-6,9-15,17,19-20H2. The van der Waals surface area contributed by atoms with E-state index in [0.29, 0.717) is 18.2 Å². The van der Waals surface area contributed by atoms with Crippen molar-refractivity contribution in [1.82, 2.24) is 5.32 Å². The summed E-state index contributed by atoms with van der Waals surface area (Å²) in [5, 5.41) is 3.74. The Bertz CT molecular complexity index is 856. The van der Waals surface area contributed by atoms with Crippen LogP contribution in [-0.4, -0.2) is 31.4 Å². The zero-order valence-electron chi connectivity index (χ0n) is 19.8. The fourth-order valence-corrected chi connectivity index (χ4v) is 5.60. The monoisotopic (exact) mass is 449 g/mol. The van der Waals surface area contributed by atoms with E-state index in [0.717, 1.165) is 56.8 Å². The first-order chi connectivity index (χ1) is 16.3. The number of benzene rings is 2. The van der Waals surface area contributed by atoms with Crippen molar-refractivity contribution in [3.63, 3.8) is 0 Å². The Morgan fingerprint density at radius 3 is 2.48 bits per heavy atom. The molecule has 1 aliphatic heterocycles. The lowest BCUT2D eigenvalue weighted by molar-refractivity contribution is 0.0560. The second kappa shape index (κ2) is 11.4. The first-order valence-corrected chi connectivity index (χ1v) is 13.2. The minimum absolute atomic E-state index is 0.155. The van der Waals surface area contributed by atoms with Crippen LogP contribution in [0, 0.1) is 0 Å². The molecule has 0 saturated heterocycles. The van der Waals surface area contributed by atoms with Gasteiger partial charge in [-0.15, -0.1) is 0 Å². The van der Waals surface area contributed by atoms with E-state index in [2.05, 4.69) is 53.8 Å². The van der Waals surface area contributed by atoms with Crippen LogP contribution in [0.2, 0.25) is 0 Å². The molecule has 2 aliphatic carbocycles. The summed E-state index contributed by atoms with van der Waals surface area (Å²) in [6.45, 7) is 1.97. The summed E-state index contributed by atoms with van der Waals surface area (Å²) in [5.41, 5.74) is 2.53. The van der Waals surface area contributed by atoms with E-state index in [1.54, 1.807) is 0 Å². The van der Waals surface area contributed by atoms with Gasteiger partial charge < -0.3 is 19.5 Å². The number of ether oxygens (including phenoxy) is 3. The minimum atomic E-state index is 0.155. The fourth-order valence-electron chi connectivity index (χ4n) is 5.60. The molecule has 5 rings (SSSR count). The Balaban J connectivity index is 1.02. The van der Waals surface area contributed by atoms with Gasteiger partial charge in [0.2, 0.25) is 0 Å². The average molecular weight is 450 g/mol. The summed E-state index contributed by atoms with van der Waals surface area (Å²) in [5.74, 6) is 2.00. The molecule has 2 aromatic carbocycles. The largest absolute Gasteiger partial charge is 0.490 e. The summed E-state index contributed by atoms with van der Waals surface area (Å²) in [6.07, 6.45) is 14.1. The minimum Gasteiger partial charge on any atom is -0.490 e. The Morgan fingerprint density at radius 2 is 1.67 bits per heavy atom. The van der Waals surface area contributed by atoms with Crippen molar-refractivity contribution in [3.8, 4) is 11.5 Å². The summed E-state index contributed by atoms with van der Waals surface area (Å²) in [6, 6.07) is 17.5. The molecule has 2 aromatic rings. The number of hydrogen-bond acceptors (Lipinski definition) is 4. The van der Waals surface area contributed by atoms with Crippen LogP contribution in [0.15, 0.2) is 48.5 Å². The molecule has 33 heavy (non-hydrogen) atoms. The Labute approximate surface area is 199 Å². The van der Waals surface area contributed by atoms with Crippen molar-refractivity contribution in [1.29, 1.82) is 0 Å². The van der Waals surface area contributed by atoms with Crippen LogP contribution in [0.1, 0.15) is 81.4 Å². The van der Waals surface area contributed by atoms with Gasteiger partial charge in [0.15, 0.2) is 0 Å². The fraction of sp³-hybridized carbons (Fsp3) is 0.586. The molecule has 0 spiro atoms. The Hall–Kier alpha value is -2.04. The lowest BCUT2D eigenvalue weighted by Gasteiger charge is -2.30. The van der Waals surface area contributed by atoms with Crippen LogP contribution in [0.25, 0.3) is 0 Å². The topological polar surface area (TPSA) is 39.7 Å². The van der Waals surface area contributed by atoms with Gasteiger partial charge in [-0.05, 0) is 93.7 Å². The molecule has 178 valence electrons. The van der Waals surface area contributed by atoms with E-state index in [4.69, 9.17) is 14.2 Å². The summed E-state index contributed by atoms with van der Waals surface area (Å²) in [7, 11) is 0. The maximum absolute atomic E-state index is 6.38. The summed E-state index contributed by atoms with van der Waals surface area (Å²) in [4.78, 5) is 0. The lowest BCUT2D eigenvalue weighted by atomic mass is 9.92. The van der Waals surface area contributed by atoms with Gasteiger partial charge in [-0.2, -0.15) is 0 Å². The van der Waals surface area contributed by atoms with Gasteiger partial charge in [-0.25, -0.2) is 0 Å². The van der Waals surface area contributed by atoms with Crippen LogP contribution in [0.4, 0.5) is 0 Å². The third-order valence-electron chi connectivity index (χ3n) is 7.54. The van der Waals surface area contributed by atoms with Crippen LogP contribution in [-0.2, 0) is 11.2 Å². The highest BCUT2D eigenvalue weighted by atomic mass is 16.5. The highest BCUT2D eigenvalue weighted by Crippen LogP contribution is 2.37. The molecule has 4 heteroatoms. The second-order valence-electron chi connectivity index (χ2n) is 10.0. The molecule has 0 radical (unpaired) electrons. The highest BCUT2D eigenvalue weighted by molar-refractivity contribution is 5.42. The molecule has 0 aromatic heterocycles. The molecule has 4 nitrogen and oxygen atoms in total.